The number of phenolic OH excluding ortho intramolecular Hbond substituents is 3. The lowest BCUT2D eigenvalue weighted by molar-refractivity contribution is 0.466. The summed E-state index contributed by atoms with van der Waals surface area (Å²) in [6, 6.07) is 16.4. The Morgan fingerprint density at radius 3 is 1.10 bits per heavy atom. The van der Waals surface area contributed by atoms with Gasteiger partial charge in [-0.1, -0.05) is 54.6 Å². The maximum absolute atomic E-state index is 10.6. The molecule has 3 heteroatoms. The highest BCUT2D eigenvalue weighted by atomic mass is 16.3. The van der Waals surface area contributed by atoms with Gasteiger partial charge in [0, 0.05) is 22.6 Å². The number of allylic oxidation sites excluding steroid dienone is 3. The minimum absolute atomic E-state index is 0.193. The molecule has 0 aliphatic rings. The molecule has 3 rings (SSSR count). The molecule has 0 amide bonds. The van der Waals surface area contributed by atoms with Gasteiger partial charge in [0.2, 0.25) is 0 Å². The summed E-state index contributed by atoms with van der Waals surface area (Å²) >= 11 is 0. The van der Waals surface area contributed by atoms with Crippen molar-refractivity contribution in [2.24, 2.45) is 0 Å². The highest BCUT2D eigenvalue weighted by molar-refractivity contribution is 5.58. The Kier molecular flexibility index (Phi) is 6.99. The molecule has 0 atom stereocenters. The van der Waals surface area contributed by atoms with E-state index in [1.165, 1.54) is 0 Å². The molecular formula is C28H28O3. The Balaban J connectivity index is 2.42. The van der Waals surface area contributed by atoms with Crippen molar-refractivity contribution in [2.75, 3.05) is 0 Å². The lowest BCUT2D eigenvalue weighted by atomic mass is 9.77. The first-order valence-corrected chi connectivity index (χ1v) is 10.3. The van der Waals surface area contributed by atoms with Gasteiger partial charge >= 0.3 is 0 Å². The monoisotopic (exact) mass is 412 g/mol. The number of hydrogen-bond donors (Lipinski definition) is 3. The second-order valence-corrected chi connectivity index (χ2v) is 7.45. The zero-order valence-electron chi connectivity index (χ0n) is 17.6. The van der Waals surface area contributed by atoms with Crippen LogP contribution >= 0.6 is 0 Å². The van der Waals surface area contributed by atoms with E-state index in [4.69, 9.17) is 0 Å². The summed E-state index contributed by atoms with van der Waals surface area (Å²) in [5.74, 6) is 0.251. The van der Waals surface area contributed by atoms with Crippen LogP contribution in [0.2, 0.25) is 0 Å². The van der Waals surface area contributed by atoms with Gasteiger partial charge in [-0.15, -0.1) is 19.7 Å². The molecule has 0 radical (unpaired) electrons. The number of aromatic hydroxyl groups is 3. The van der Waals surface area contributed by atoms with Crippen molar-refractivity contribution in [3.05, 3.63) is 126 Å². The topological polar surface area (TPSA) is 60.7 Å². The summed E-state index contributed by atoms with van der Waals surface area (Å²) in [5.41, 5.74) is 4.99. The molecule has 3 nitrogen and oxygen atoms in total. The molecule has 0 aromatic heterocycles. The van der Waals surface area contributed by atoms with E-state index in [0.717, 1.165) is 33.4 Å². The molecule has 3 aromatic carbocycles. The first-order valence-electron chi connectivity index (χ1n) is 10.3. The fourth-order valence-electron chi connectivity index (χ4n) is 4.19. The predicted octanol–water partition coefficient (Wildman–Crippen LogP) is 6.17. The van der Waals surface area contributed by atoms with Gasteiger partial charge in [-0.05, 0) is 54.2 Å². The van der Waals surface area contributed by atoms with Crippen LogP contribution in [0, 0.1) is 0 Å². The van der Waals surface area contributed by atoms with Gasteiger partial charge in [0.05, 0.1) is 0 Å². The highest BCUT2D eigenvalue weighted by Crippen LogP contribution is 2.43. The van der Waals surface area contributed by atoms with E-state index in [-0.39, 0.29) is 23.2 Å². The fraction of sp³-hybridized carbons (Fsp3) is 0.143. The SMILES string of the molecule is C=CCc1c(O)cccc1C(c1cccc(O)c1CC=C)c1cccc(O)c1CC=C. The van der Waals surface area contributed by atoms with Crippen LogP contribution in [0.3, 0.4) is 0 Å². The molecule has 3 aromatic rings. The van der Waals surface area contributed by atoms with E-state index in [1.54, 1.807) is 36.4 Å². The van der Waals surface area contributed by atoms with Crippen LogP contribution in [0.4, 0.5) is 0 Å². The molecule has 0 spiro atoms. The largest absolute Gasteiger partial charge is 0.508 e. The minimum Gasteiger partial charge on any atom is -0.508 e. The number of hydrogen-bond acceptors (Lipinski definition) is 3. The number of phenols is 3. The van der Waals surface area contributed by atoms with Gasteiger partial charge in [0.25, 0.3) is 0 Å². The van der Waals surface area contributed by atoms with Gasteiger partial charge in [-0.3, -0.25) is 0 Å². The van der Waals surface area contributed by atoms with Crippen molar-refractivity contribution in [3.63, 3.8) is 0 Å². The van der Waals surface area contributed by atoms with E-state index in [1.807, 2.05) is 36.4 Å². The maximum atomic E-state index is 10.6. The van der Waals surface area contributed by atoms with Crippen molar-refractivity contribution >= 4 is 0 Å². The Labute approximate surface area is 184 Å². The molecule has 0 saturated carbocycles. The van der Waals surface area contributed by atoms with Crippen LogP contribution in [0.25, 0.3) is 0 Å². The molecule has 31 heavy (non-hydrogen) atoms. The van der Waals surface area contributed by atoms with Crippen LogP contribution in [0.15, 0.2) is 92.6 Å². The third-order valence-electron chi connectivity index (χ3n) is 5.54. The van der Waals surface area contributed by atoms with E-state index < -0.39 is 0 Å². The zero-order valence-corrected chi connectivity index (χ0v) is 17.6. The second kappa shape index (κ2) is 9.86. The van der Waals surface area contributed by atoms with Crippen LogP contribution in [0.5, 0.6) is 17.2 Å². The number of benzene rings is 3. The van der Waals surface area contributed by atoms with Gasteiger partial charge in [-0.2, -0.15) is 0 Å². The second-order valence-electron chi connectivity index (χ2n) is 7.45. The molecule has 0 aliphatic heterocycles. The summed E-state index contributed by atoms with van der Waals surface area (Å²) in [5, 5.41) is 31.9. The molecule has 0 saturated heterocycles. The van der Waals surface area contributed by atoms with Gasteiger partial charge < -0.3 is 15.3 Å². The molecule has 0 heterocycles. The molecule has 0 fully saturated rings. The van der Waals surface area contributed by atoms with Crippen LogP contribution in [0.1, 0.15) is 39.3 Å². The lowest BCUT2D eigenvalue weighted by Gasteiger charge is -2.27. The van der Waals surface area contributed by atoms with E-state index >= 15 is 0 Å². The summed E-state index contributed by atoms with van der Waals surface area (Å²) in [7, 11) is 0. The Morgan fingerprint density at radius 2 is 0.839 bits per heavy atom. The molecular weight excluding hydrogens is 384 g/mol. The molecule has 3 N–H and O–H groups in total. The van der Waals surface area contributed by atoms with Crippen molar-refractivity contribution in [1.29, 1.82) is 0 Å². The predicted molar refractivity (Wildman–Crippen MR) is 127 cm³/mol. The Bertz CT molecular complexity index is 970. The average molecular weight is 413 g/mol. The molecule has 158 valence electrons. The van der Waals surface area contributed by atoms with Crippen LogP contribution in [-0.2, 0) is 19.3 Å². The Hall–Kier alpha value is -3.72. The summed E-state index contributed by atoms with van der Waals surface area (Å²) in [6.45, 7) is 11.5. The van der Waals surface area contributed by atoms with E-state index in [2.05, 4.69) is 19.7 Å². The Morgan fingerprint density at radius 1 is 0.548 bits per heavy atom. The first kappa shape index (κ1) is 22.0. The smallest absolute Gasteiger partial charge is 0.119 e. The van der Waals surface area contributed by atoms with Crippen molar-refractivity contribution in [1.82, 2.24) is 0 Å². The van der Waals surface area contributed by atoms with Crippen molar-refractivity contribution in [3.8, 4) is 17.2 Å². The van der Waals surface area contributed by atoms with Gasteiger partial charge in [0.15, 0.2) is 0 Å². The van der Waals surface area contributed by atoms with E-state index in [9.17, 15) is 15.3 Å². The normalized spacial score (nSPS) is 10.7. The van der Waals surface area contributed by atoms with E-state index in [0.29, 0.717) is 19.3 Å². The van der Waals surface area contributed by atoms with Gasteiger partial charge in [0.1, 0.15) is 17.2 Å². The summed E-state index contributed by atoms with van der Waals surface area (Å²) in [6.07, 6.45) is 6.75. The van der Waals surface area contributed by atoms with Crippen molar-refractivity contribution in [2.45, 2.75) is 25.2 Å². The highest BCUT2D eigenvalue weighted by Gasteiger charge is 2.27. The molecule has 0 aliphatic carbocycles. The van der Waals surface area contributed by atoms with Crippen molar-refractivity contribution < 1.29 is 15.3 Å². The molecule has 0 bridgehead atoms. The minimum atomic E-state index is -0.328. The third kappa shape index (κ3) is 4.41. The molecule has 0 unspecified atom stereocenters. The van der Waals surface area contributed by atoms with Crippen LogP contribution in [-0.4, -0.2) is 15.3 Å². The quantitative estimate of drug-likeness (QED) is 0.291. The summed E-state index contributed by atoms with van der Waals surface area (Å²) < 4.78 is 0. The first-order chi connectivity index (χ1) is 15.0. The zero-order chi connectivity index (χ0) is 22.4. The number of rotatable bonds is 9. The maximum Gasteiger partial charge on any atom is 0.119 e. The van der Waals surface area contributed by atoms with Crippen LogP contribution < -0.4 is 0 Å². The lowest BCUT2D eigenvalue weighted by Crippen LogP contribution is -2.12. The fourth-order valence-corrected chi connectivity index (χ4v) is 4.19. The summed E-state index contributed by atoms with van der Waals surface area (Å²) in [4.78, 5) is 0. The standard InChI is InChI=1S/C28H28O3/c1-4-10-19-22(13-7-16-25(19)29)28(23-14-8-17-26(30)20(23)11-5-2)24-15-9-18-27(31)21(24)12-6-3/h4-9,13-18,28-31H,1-3,10-12H2. The average Bonchev–Trinajstić information content (AvgIpc) is 2.75. The van der Waals surface area contributed by atoms with Gasteiger partial charge in [-0.25, -0.2) is 0 Å². The third-order valence-corrected chi connectivity index (χ3v) is 5.54.